The van der Waals surface area contributed by atoms with Crippen LogP contribution in [-0.2, 0) is 17.6 Å². The average Bonchev–Trinajstić information content (AvgIpc) is 3.21. The summed E-state index contributed by atoms with van der Waals surface area (Å²) in [4.78, 5) is 26.3. The van der Waals surface area contributed by atoms with Crippen molar-refractivity contribution in [3.8, 4) is 0 Å². The molecule has 0 aliphatic carbocycles. The molecular weight excluding hydrogens is 380 g/mol. The second kappa shape index (κ2) is 9.35. The van der Waals surface area contributed by atoms with Crippen LogP contribution in [0, 0.1) is 5.92 Å². The molecule has 1 fully saturated rings. The topological polar surface area (TPSA) is 58.1 Å². The van der Waals surface area contributed by atoms with E-state index in [0.717, 1.165) is 67.8 Å². The SMILES string of the molecule is CCc1cc2c(N3CCC(C(=O)NCCCc4ccccc4)CC3)ncnc2s1. The van der Waals surface area contributed by atoms with Crippen LogP contribution < -0.4 is 10.2 Å². The maximum absolute atomic E-state index is 12.6. The lowest BCUT2D eigenvalue weighted by Gasteiger charge is -2.32. The molecule has 3 aromatic rings. The highest BCUT2D eigenvalue weighted by atomic mass is 32.1. The summed E-state index contributed by atoms with van der Waals surface area (Å²) in [7, 11) is 0. The number of nitrogens with zero attached hydrogens (tertiary/aromatic N) is 3. The Morgan fingerprint density at radius 3 is 2.76 bits per heavy atom. The molecule has 1 aliphatic heterocycles. The summed E-state index contributed by atoms with van der Waals surface area (Å²) in [6, 6.07) is 12.7. The molecule has 2 aromatic heterocycles. The van der Waals surface area contributed by atoms with Gasteiger partial charge in [-0.3, -0.25) is 4.79 Å². The minimum absolute atomic E-state index is 0.106. The van der Waals surface area contributed by atoms with Crippen molar-refractivity contribution in [2.45, 2.75) is 39.0 Å². The van der Waals surface area contributed by atoms with Crippen LogP contribution in [0.1, 0.15) is 36.6 Å². The molecule has 29 heavy (non-hydrogen) atoms. The molecular formula is C23H28N4OS. The molecule has 0 unspecified atom stereocenters. The zero-order chi connectivity index (χ0) is 20.1. The van der Waals surface area contributed by atoms with Crippen molar-refractivity contribution in [2.24, 2.45) is 5.92 Å². The minimum Gasteiger partial charge on any atom is -0.356 e. The zero-order valence-electron chi connectivity index (χ0n) is 16.9. The fourth-order valence-electron chi connectivity index (χ4n) is 3.97. The summed E-state index contributed by atoms with van der Waals surface area (Å²) in [5.41, 5.74) is 1.32. The van der Waals surface area contributed by atoms with Gasteiger partial charge >= 0.3 is 0 Å². The number of carbonyl (C=O) groups excluding carboxylic acids is 1. The first-order valence-corrected chi connectivity index (χ1v) is 11.4. The molecule has 3 heterocycles. The van der Waals surface area contributed by atoms with E-state index in [1.165, 1.54) is 10.4 Å². The molecule has 0 atom stereocenters. The lowest BCUT2D eigenvalue weighted by molar-refractivity contribution is -0.125. The number of hydrogen-bond acceptors (Lipinski definition) is 5. The van der Waals surface area contributed by atoms with Crippen molar-refractivity contribution in [3.63, 3.8) is 0 Å². The highest BCUT2D eigenvalue weighted by Crippen LogP contribution is 2.32. The molecule has 1 aromatic carbocycles. The molecule has 1 saturated heterocycles. The van der Waals surface area contributed by atoms with E-state index in [1.54, 1.807) is 17.7 Å². The zero-order valence-corrected chi connectivity index (χ0v) is 17.8. The highest BCUT2D eigenvalue weighted by molar-refractivity contribution is 7.18. The predicted molar refractivity (Wildman–Crippen MR) is 120 cm³/mol. The van der Waals surface area contributed by atoms with E-state index >= 15 is 0 Å². The van der Waals surface area contributed by atoms with Crippen LogP contribution in [0.5, 0.6) is 0 Å². The molecule has 5 nitrogen and oxygen atoms in total. The van der Waals surface area contributed by atoms with E-state index in [9.17, 15) is 4.79 Å². The van der Waals surface area contributed by atoms with E-state index in [-0.39, 0.29) is 11.8 Å². The smallest absolute Gasteiger partial charge is 0.223 e. The van der Waals surface area contributed by atoms with Gasteiger partial charge in [0.25, 0.3) is 0 Å². The van der Waals surface area contributed by atoms with Crippen molar-refractivity contribution in [2.75, 3.05) is 24.5 Å². The Kier molecular flexibility index (Phi) is 6.39. The molecule has 1 amide bonds. The Morgan fingerprint density at radius 1 is 1.21 bits per heavy atom. The maximum Gasteiger partial charge on any atom is 0.223 e. The Balaban J connectivity index is 1.27. The van der Waals surface area contributed by atoms with Crippen molar-refractivity contribution < 1.29 is 4.79 Å². The molecule has 1 aliphatic rings. The van der Waals surface area contributed by atoms with Crippen LogP contribution in [0.2, 0.25) is 0 Å². The van der Waals surface area contributed by atoms with Crippen molar-refractivity contribution in [1.29, 1.82) is 0 Å². The van der Waals surface area contributed by atoms with Gasteiger partial charge in [0.2, 0.25) is 5.91 Å². The third kappa shape index (κ3) is 4.75. The standard InChI is InChI=1S/C23H28N4OS/c1-2-19-15-20-21(25-16-26-23(20)29-19)27-13-10-18(11-14-27)22(28)24-12-6-9-17-7-4-3-5-8-17/h3-5,7-8,15-16,18H,2,6,9-14H2,1H3,(H,24,28). The largest absolute Gasteiger partial charge is 0.356 e. The van der Waals surface area contributed by atoms with E-state index in [2.05, 4.69) is 57.4 Å². The Bertz CT molecular complexity index is 948. The van der Waals surface area contributed by atoms with Gasteiger partial charge in [-0.1, -0.05) is 37.3 Å². The summed E-state index contributed by atoms with van der Waals surface area (Å²) in [6.45, 7) is 4.65. The van der Waals surface area contributed by atoms with Gasteiger partial charge < -0.3 is 10.2 Å². The van der Waals surface area contributed by atoms with E-state index in [4.69, 9.17) is 0 Å². The molecule has 152 valence electrons. The third-order valence-corrected chi connectivity index (χ3v) is 6.84. The maximum atomic E-state index is 12.6. The summed E-state index contributed by atoms with van der Waals surface area (Å²) in [6.07, 6.45) is 6.42. The number of carbonyl (C=O) groups is 1. The monoisotopic (exact) mass is 408 g/mol. The number of amides is 1. The van der Waals surface area contributed by atoms with Crippen LogP contribution in [-0.4, -0.2) is 35.5 Å². The third-order valence-electron chi connectivity index (χ3n) is 5.66. The first kappa shape index (κ1) is 19.8. The molecule has 0 saturated carbocycles. The lowest BCUT2D eigenvalue weighted by atomic mass is 9.95. The number of nitrogens with one attached hydrogen (secondary N) is 1. The predicted octanol–water partition coefficient (Wildman–Crippen LogP) is 4.22. The molecule has 0 bridgehead atoms. The Morgan fingerprint density at radius 2 is 2.00 bits per heavy atom. The van der Waals surface area contributed by atoms with Gasteiger partial charge in [0.15, 0.2) is 0 Å². The molecule has 0 radical (unpaired) electrons. The average molecular weight is 409 g/mol. The van der Waals surface area contributed by atoms with Gasteiger partial charge in [-0.15, -0.1) is 11.3 Å². The quantitative estimate of drug-likeness (QED) is 0.595. The van der Waals surface area contributed by atoms with Crippen LogP contribution in [0.4, 0.5) is 5.82 Å². The summed E-state index contributed by atoms with van der Waals surface area (Å²) in [5.74, 6) is 1.33. The van der Waals surface area contributed by atoms with Crippen molar-refractivity contribution >= 4 is 33.3 Å². The number of fused-ring (bicyclic) bond motifs is 1. The van der Waals surface area contributed by atoms with Gasteiger partial charge in [-0.2, -0.15) is 0 Å². The lowest BCUT2D eigenvalue weighted by Crippen LogP contribution is -2.41. The van der Waals surface area contributed by atoms with E-state index in [0.29, 0.717) is 0 Å². The molecule has 0 spiro atoms. The molecule has 6 heteroatoms. The number of piperidine rings is 1. The summed E-state index contributed by atoms with van der Waals surface area (Å²) in [5, 5.41) is 4.29. The Hall–Kier alpha value is -2.47. The van der Waals surface area contributed by atoms with Crippen LogP contribution in [0.3, 0.4) is 0 Å². The molecule has 1 N–H and O–H groups in total. The number of rotatable bonds is 7. The van der Waals surface area contributed by atoms with Crippen LogP contribution >= 0.6 is 11.3 Å². The number of aromatic nitrogens is 2. The van der Waals surface area contributed by atoms with Gasteiger partial charge in [0.1, 0.15) is 17.0 Å². The summed E-state index contributed by atoms with van der Waals surface area (Å²) >= 11 is 1.75. The number of aryl methyl sites for hydroxylation is 2. The minimum atomic E-state index is 0.106. The number of anilines is 1. The second-order valence-corrected chi connectivity index (χ2v) is 8.74. The van der Waals surface area contributed by atoms with Gasteiger partial charge in [-0.05, 0) is 43.7 Å². The van der Waals surface area contributed by atoms with Gasteiger partial charge in [0, 0.05) is 30.4 Å². The fourth-order valence-corrected chi connectivity index (χ4v) is 4.90. The van der Waals surface area contributed by atoms with Crippen molar-refractivity contribution in [1.82, 2.24) is 15.3 Å². The van der Waals surface area contributed by atoms with E-state index in [1.807, 2.05) is 6.07 Å². The Labute approximate surface area is 176 Å². The first-order valence-electron chi connectivity index (χ1n) is 10.5. The fraction of sp³-hybridized carbons (Fsp3) is 0.435. The van der Waals surface area contributed by atoms with Gasteiger partial charge in [0.05, 0.1) is 5.39 Å². The highest BCUT2D eigenvalue weighted by Gasteiger charge is 2.26. The summed E-state index contributed by atoms with van der Waals surface area (Å²) < 4.78 is 0. The number of hydrogen-bond donors (Lipinski definition) is 1. The normalized spacial score (nSPS) is 15.0. The van der Waals surface area contributed by atoms with Crippen molar-refractivity contribution in [3.05, 3.63) is 53.2 Å². The van der Waals surface area contributed by atoms with Crippen LogP contribution in [0.15, 0.2) is 42.7 Å². The second-order valence-electron chi connectivity index (χ2n) is 7.62. The number of benzene rings is 1. The van der Waals surface area contributed by atoms with Gasteiger partial charge in [-0.25, -0.2) is 9.97 Å². The number of thiophene rings is 1. The molecule has 4 rings (SSSR count). The van der Waals surface area contributed by atoms with Crippen LogP contribution in [0.25, 0.3) is 10.2 Å². The first-order chi connectivity index (χ1) is 14.2. The van der Waals surface area contributed by atoms with E-state index < -0.39 is 0 Å².